The van der Waals surface area contributed by atoms with Gasteiger partial charge in [-0.2, -0.15) is 0 Å². The molecule has 2 aliphatic rings. The van der Waals surface area contributed by atoms with Crippen molar-refractivity contribution in [2.24, 2.45) is 0 Å². The molecule has 2 fully saturated rings. The standard InChI is InChI=1S/C21H21NO6S/c1-21(13-23)19(22-16(24)12-17(22)29(21,26)27)20(25)28-18(14-8-4-2-5-9-14)15-10-6-3-7-11-15/h2-11,17-19,23H,12-13H2,1H3. The molecule has 2 aromatic rings. The number of aliphatic hydroxyl groups excluding tert-OH is 1. The predicted octanol–water partition coefficient (Wildman–Crippen LogP) is 1.43. The van der Waals surface area contributed by atoms with Crippen molar-refractivity contribution in [3.63, 3.8) is 0 Å². The minimum absolute atomic E-state index is 0.178. The maximum atomic E-state index is 13.2. The largest absolute Gasteiger partial charge is 0.451 e. The summed E-state index contributed by atoms with van der Waals surface area (Å²) in [5.74, 6) is -1.29. The summed E-state index contributed by atoms with van der Waals surface area (Å²) in [5, 5.41) is 8.79. The highest BCUT2D eigenvalue weighted by molar-refractivity contribution is 7.94. The highest BCUT2D eigenvalue weighted by atomic mass is 32.2. The summed E-state index contributed by atoms with van der Waals surface area (Å²) in [6, 6.07) is 16.7. The number of hydrogen-bond donors (Lipinski definition) is 1. The van der Waals surface area contributed by atoms with E-state index in [1.807, 2.05) is 36.4 Å². The fourth-order valence-electron chi connectivity index (χ4n) is 4.04. The quantitative estimate of drug-likeness (QED) is 0.586. The number of fused-ring (bicyclic) bond motifs is 1. The average Bonchev–Trinajstić information content (AvgIpc) is 2.88. The molecule has 152 valence electrons. The number of β-lactam (4-membered cyclic amide) rings is 1. The molecular weight excluding hydrogens is 394 g/mol. The molecule has 0 radical (unpaired) electrons. The normalized spacial score (nSPS) is 27.4. The molecule has 0 aromatic heterocycles. The van der Waals surface area contributed by atoms with Gasteiger partial charge in [0.15, 0.2) is 22.0 Å². The summed E-state index contributed by atoms with van der Waals surface area (Å²) in [4.78, 5) is 26.4. The fourth-order valence-corrected chi connectivity index (χ4v) is 6.26. The van der Waals surface area contributed by atoms with Crippen molar-refractivity contribution in [1.82, 2.24) is 4.90 Å². The third-order valence-electron chi connectivity index (χ3n) is 5.79. The molecule has 1 amide bonds. The Labute approximate surface area is 168 Å². The highest BCUT2D eigenvalue weighted by Crippen LogP contribution is 2.46. The first kappa shape index (κ1) is 19.6. The number of nitrogens with zero attached hydrogens (tertiary/aromatic N) is 1. The molecule has 3 unspecified atom stereocenters. The lowest BCUT2D eigenvalue weighted by atomic mass is 9.96. The van der Waals surface area contributed by atoms with Gasteiger partial charge in [-0.3, -0.25) is 4.79 Å². The first-order chi connectivity index (χ1) is 13.8. The van der Waals surface area contributed by atoms with Crippen LogP contribution in [0.25, 0.3) is 0 Å². The van der Waals surface area contributed by atoms with Crippen LogP contribution in [0.15, 0.2) is 60.7 Å². The second-order valence-electron chi connectivity index (χ2n) is 7.52. The van der Waals surface area contributed by atoms with Crippen LogP contribution in [0, 0.1) is 0 Å². The van der Waals surface area contributed by atoms with Gasteiger partial charge in [-0.1, -0.05) is 60.7 Å². The van der Waals surface area contributed by atoms with Gasteiger partial charge in [0.2, 0.25) is 5.91 Å². The molecule has 0 saturated carbocycles. The van der Waals surface area contributed by atoms with E-state index in [0.29, 0.717) is 11.1 Å². The number of hydrogen-bond acceptors (Lipinski definition) is 6. The molecule has 8 heteroatoms. The SMILES string of the molecule is CC1(CO)C(C(=O)OC(c2ccccc2)c2ccccc2)N2C(=O)CC2S1(=O)=O. The van der Waals surface area contributed by atoms with Crippen LogP contribution in [0.1, 0.15) is 30.6 Å². The van der Waals surface area contributed by atoms with Gasteiger partial charge in [0.25, 0.3) is 0 Å². The third-order valence-corrected chi connectivity index (χ3v) is 8.55. The molecule has 0 spiro atoms. The van der Waals surface area contributed by atoms with Crippen molar-refractivity contribution >= 4 is 21.7 Å². The number of rotatable bonds is 5. The first-order valence-corrected chi connectivity index (χ1v) is 10.8. The van der Waals surface area contributed by atoms with Crippen LogP contribution in [0.5, 0.6) is 0 Å². The van der Waals surface area contributed by atoms with E-state index in [1.54, 1.807) is 24.3 Å². The summed E-state index contributed by atoms with van der Waals surface area (Å²) < 4.78 is 29.6. The Bertz CT molecular complexity index is 1000. The third kappa shape index (κ3) is 2.86. The molecule has 29 heavy (non-hydrogen) atoms. The molecule has 2 heterocycles. The maximum absolute atomic E-state index is 13.2. The van der Waals surface area contributed by atoms with Crippen molar-refractivity contribution in [3.05, 3.63) is 71.8 Å². The van der Waals surface area contributed by atoms with Crippen LogP contribution in [0.2, 0.25) is 0 Å². The topological polar surface area (TPSA) is 101 Å². The molecule has 1 N–H and O–H groups in total. The predicted molar refractivity (Wildman–Crippen MR) is 104 cm³/mol. The number of carbonyl (C=O) groups excluding carboxylic acids is 2. The summed E-state index contributed by atoms with van der Waals surface area (Å²) >= 11 is 0. The summed E-state index contributed by atoms with van der Waals surface area (Å²) in [5.41, 5.74) is 1.43. The van der Waals surface area contributed by atoms with Gasteiger partial charge in [0.05, 0.1) is 13.0 Å². The lowest BCUT2D eigenvalue weighted by Crippen LogP contribution is -2.58. The molecular formula is C21H21NO6S. The highest BCUT2D eigenvalue weighted by Gasteiger charge is 2.70. The Hall–Kier alpha value is -2.71. The van der Waals surface area contributed by atoms with Gasteiger partial charge in [0.1, 0.15) is 10.1 Å². The summed E-state index contributed by atoms with van der Waals surface area (Å²) in [6.07, 6.45) is -0.950. The zero-order valence-electron chi connectivity index (χ0n) is 15.8. The van der Waals surface area contributed by atoms with Crippen molar-refractivity contribution in [2.75, 3.05) is 6.61 Å². The van der Waals surface area contributed by atoms with E-state index < -0.39 is 50.6 Å². The smallest absolute Gasteiger partial charge is 0.331 e. The van der Waals surface area contributed by atoms with Crippen molar-refractivity contribution in [1.29, 1.82) is 0 Å². The lowest BCUT2D eigenvalue weighted by molar-refractivity contribution is -0.164. The van der Waals surface area contributed by atoms with Gasteiger partial charge < -0.3 is 14.7 Å². The second-order valence-corrected chi connectivity index (χ2v) is 10.1. The number of ether oxygens (including phenoxy) is 1. The van der Waals surface area contributed by atoms with Gasteiger partial charge in [-0.15, -0.1) is 0 Å². The van der Waals surface area contributed by atoms with Crippen LogP contribution in [-0.2, 0) is 24.2 Å². The molecule has 3 atom stereocenters. The Morgan fingerprint density at radius 2 is 1.66 bits per heavy atom. The van der Waals surface area contributed by atoms with E-state index in [4.69, 9.17) is 4.74 Å². The van der Waals surface area contributed by atoms with Crippen molar-refractivity contribution < 1.29 is 27.9 Å². The van der Waals surface area contributed by atoms with Gasteiger partial charge in [-0.05, 0) is 18.1 Å². The summed E-state index contributed by atoms with van der Waals surface area (Å²) in [6.45, 7) is 0.511. The van der Waals surface area contributed by atoms with Gasteiger partial charge in [0, 0.05) is 0 Å². The zero-order valence-corrected chi connectivity index (χ0v) is 16.6. The van der Waals surface area contributed by atoms with E-state index in [1.165, 1.54) is 6.92 Å². The van der Waals surface area contributed by atoms with E-state index in [2.05, 4.69) is 0 Å². The van der Waals surface area contributed by atoms with Crippen LogP contribution in [-0.4, -0.2) is 53.1 Å². The monoisotopic (exact) mass is 415 g/mol. The maximum Gasteiger partial charge on any atom is 0.331 e. The molecule has 2 aromatic carbocycles. The van der Waals surface area contributed by atoms with E-state index in [-0.39, 0.29) is 6.42 Å². The van der Waals surface area contributed by atoms with Crippen molar-refractivity contribution in [3.8, 4) is 0 Å². The zero-order chi connectivity index (χ0) is 20.8. The molecule has 2 aliphatic heterocycles. The Balaban J connectivity index is 1.72. The fraction of sp³-hybridized carbons (Fsp3) is 0.333. The van der Waals surface area contributed by atoms with Gasteiger partial charge >= 0.3 is 5.97 Å². The van der Waals surface area contributed by atoms with E-state index in [9.17, 15) is 23.1 Å². The molecule has 4 rings (SSSR count). The Morgan fingerprint density at radius 1 is 1.14 bits per heavy atom. The summed E-state index contributed by atoms with van der Waals surface area (Å²) in [7, 11) is -3.92. The average molecular weight is 415 g/mol. The Kier molecular flexibility index (Phi) is 4.71. The lowest BCUT2D eigenvalue weighted by Gasteiger charge is -2.37. The number of benzene rings is 2. The van der Waals surface area contributed by atoms with E-state index >= 15 is 0 Å². The number of sulfone groups is 1. The van der Waals surface area contributed by atoms with Crippen LogP contribution in [0.3, 0.4) is 0 Å². The molecule has 7 nitrogen and oxygen atoms in total. The van der Waals surface area contributed by atoms with E-state index in [0.717, 1.165) is 4.90 Å². The van der Waals surface area contributed by atoms with Crippen molar-refractivity contribution in [2.45, 2.75) is 35.6 Å². The number of esters is 1. The second kappa shape index (κ2) is 6.96. The molecule has 0 bridgehead atoms. The number of aliphatic hydroxyl groups is 1. The number of carbonyl (C=O) groups is 2. The minimum atomic E-state index is -3.92. The minimum Gasteiger partial charge on any atom is -0.451 e. The molecule has 2 saturated heterocycles. The van der Waals surface area contributed by atoms with Crippen LogP contribution >= 0.6 is 0 Å². The van der Waals surface area contributed by atoms with Crippen LogP contribution in [0.4, 0.5) is 0 Å². The van der Waals surface area contributed by atoms with Gasteiger partial charge in [-0.25, -0.2) is 13.2 Å². The van der Waals surface area contributed by atoms with Crippen LogP contribution < -0.4 is 0 Å². The molecule has 0 aliphatic carbocycles. The first-order valence-electron chi connectivity index (χ1n) is 9.27. The Morgan fingerprint density at radius 3 is 2.10 bits per heavy atom. The number of amides is 1.